The van der Waals surface area contributed by atoms with Gasteiger partial charge in [-0.25, -0.2) is 0 Å². The predicted molar refractivity (Wildman–Crippen MR) is 84.7 cm³/mol. The highest BCUT2D eigenvalue weighted by Gasteiger charge is 2.35. The summed E-state index contributed by atoms with van der Waals surface area (Å²) in [6, 6.07) is 7.38. The van der Waals surface area contributed by atoms with E-state index in [1.54, 1.807) is 18.1 Å². The monoisotopic (exact) mass is 305 g/mol. The van der Waals surface area contributed by atoms with Gasteiger partial charge in [0.25, 0.3) is 0 Å². The summed E-state index contributed by atoms with van der Waals surface area (Å²) >= 11 is 0. The second-order valence-corrected chi connectivity index (χ2v) is 5.63. The fraction of sp³-hybridized carbons (Fsp3) is 0.500. The molecule has 1 aliphatic rings. The van der Waals surface area contributed by atoms with Crippen LogP contribution in [0.4, 0.5) is 5.69 Å². The van der Waals surface area contributed by atoms with Crippen LogP contribution in [0, 0.1) is 5.92 Å². The molecule has 6 heteroatoms. The molecule has 2 amide bonds. The third-order valence-electron chi connectivity index (χ3n) is 3.77. The number of hydrogen-bond acceptors (Lipinski definition) is 4. The zero-order valence-electron chi connectivity index (χ0n) is 13.0. The molecule has 2 rings (SSSR count). The molecule has 1 aromatic rings. The molecule has 1 heterocycles. The summed E-state index contributed by atoms with van der Waals surface area (Å²) < 4.78 is 5.28. The summed E-state index contributed by atoms with van der Waals surface area (Å²) in [5, 5.41) is 2.85. The highest BCUT2D eigenvalue weighted by molar-refractivity contribution is 6.01. The topological polar surface area (TPSA) is 84.7 Å². The third-order valence-corrected chi connectivity index (χ3v) is 3.77. The molecular formula is C16H23N3O3. The number of carbonyl (C=O) groups excluding carboxylic acids is 2. The molecule has 1 aromatic carbocycles. The van der Waals surface area contributed by atoms with E-state index >= 15 is 0 Å². The van der Waals surface area contributed by atoms with Crippen LogP contribution in [0.15, 0.2) is 24.3 Å². The Kier molecular flexibility index (Phi) is 5.38. The number of para-hydroxylation sites is 2. The number of nitrogens with one attached hydrogen (secondary N) is 1. The molecule has 1 fully saturated rings. The zero-order valence-corrected chi connectivity index (χ0v) is 13.0. The molecule has 0 aliphatic carbocycles. The van der Waals surface area contributed by atoms with Crippen LogP contribution < -0.4 is 20.7 Å². The van der Waals surface area contributed by atoms with Gasteiger partial charge < -0.3 is 20.7 Å². The Morgan fingerprint density at radius 2 is 2.23 bits per heavy atom. The number of carbonyl (C=O) groups is 2. The maximum Gasteiger partial charge on any atom is 0.227 e. The van der Waals surface area contributed by atoms with Gasteiger partial charge in [0.15, 0.2) is 0 Å². The molecule has 0 spiro atoms. The first kappa shape index (κ1) is 16.3. The Hall–Kier alpha value is -2.08. The van der Waals surface area contributed by atoms with Crippen molar-refractivity contribution in [3.8, 4) is 5.75 Å². The Balaban J connectivity index is 2.00. The average molecular weight is 305 g/mol. The van der Waals surface area contributed by atoms with E-state index in [1.165, 1.54) is 0 Å². The van der Waals surface area contributed by atoms with Gasteiger partial charge in [0.05, 0.1) is 18.7 Å². The number of ether oxygens (including phenoxy) is 1. The number of anilines is 1. The minimum Gasteiger partial charge on any atom is -0.495 e. The summed E-state index contributed by atoms with van der Waals surface area (Å²) in [6.07, 6.45) is 0.949. The van der Waals surface area contributed by atoms with Crippen molar-refractivity contribution in [1.29, 1.82) is 0 Å². The lowest BCUT2D eigenvalue weighted by atomic mass is 10.1. The lowest BCUT2D eigenvalue weighted by Gasteiger charge is -2.19. The average Bonchev–Trinajstić information content (AvgIpc) is 2.88. The fourth-order valence-electron chi connectivity index (χ4n) is 2.54. The van der Waals surface area contributed by atoms with Crippen molar-refractivity contribution in [1.82, 2.24) is 5.32 Å². The molecule has 6 nitrogen and oxygen atoms in total. The molecule has 2 atom stereocenters. The molecule has 22 heavy (non-hydrogen) atoms. The van der Waals surface area contributed by atoms with Crippen LogP contribution in [0.2, 0.25) is 0 Å². The van der Waals surface area contributed by atoms with Gasteiger partial charge in [-0.05, 0) is 25.5 Å². The first-order valence-corrected chi connectivity index (χ1v) is 7.49. The van der Waals surface area contributed by atoms with Gasteiger partial charge in [0.1, 0.15) is 5.75 Å². The van der Waals surface area contributed by atoms with Gasteiger partial charge in [0.2, 0.25) is 11.8 Å². The highest BCUT2D eigenvalue weighted by atomic mass is 16.5. The van der Waals surface area contributed by atoms with Crippen LogP contribution in [-0.4, -0.2) is 38.1 Å². The second kappa shape index (κ2) is 7.26. The summed E-state index contributed by atoms with van der Waals surface area (Å²) in [5.74, 6) is 0.155. The molecule has 0 bridgehead atoms. The van der Waals surface area contributed by atoms with Crippen LogP contribution in [0.3, 0.4) is 0 Å². The Morgan fingerprint density at radius 3 is 2.91 bits per heavy atom. The molecule has 1 aliphatic heterocycles. The van der Waals surface area contributed by atoms with Gasteiger partial charge in [-0.1, -0.05) is 12.1 Å². The smallest absolute Gasteiger partial charge is 0.227 e. The van der Waals surface area contributed by atoms with E-state index in [0.717, 1.165) is 6.42 Å². The Morgan fingerprint density at radius 1 is 1.50 bits per heavy atom. The molecule has 2 unspecified atom stereocenters. The van der Waals surface area contributed by atoms with E-state index in [1.807, 2.05) is 25.1 Å². The van der Waals surface area contributed by atoms with Crippen LogP contribution in [0.5, 0.6) is 5.75 Å². The van der Waals surface area contributed by atoms with E-state index < -0.39 is 0 Å². The largest absolute Gasteiger partial charge is 0.495 e. The summed E-state index contributed by atoms with van der Waals surface area (Å²) in [5.41, 5.74) is 6.37. The summed E-state index contributed by atoms with van der Waals surface area (Å²) in [4.78, 5) is 26.0. The number of hydrogen-bond donors (Lipinski definition) is 2. The molecular weight excluding hydrogens is 282 g/mol. The van der Waals surface area contributed by atoms with E-state index in [-0.39, 0.29) is 30.2 Å². The first-order valence-electron chi connectivity index (χ1n) is 7.49. The van der Waals surface area contributed by atoms with Gasteiger partial charge in [-0.3, -0.25) is 9.59 Å². The second-order valence-electron chi connectivity index (χ2n) is 5.63. The van der Waals surface area contributed by atoms with Gasteiger partial charge in [-0.2, -0.15) is 0 Å². The molecule has 0 saturated carbocycles. The lowest BCUT2D eigenvalue weighted by Crippen LogP contribution is -2.35. The number of nitrogens with zero attached hydrogens (tertiary/aromatic N) is 1. The molecule has 1 saturated heterocycles. The minimum absolute atomic E-state index is 0.0515. The Bertz CT molecular complexity index is 545. The first-order chi connectivity index (χ1) is 10.5. The number of nitrogens with two attached hydrogens (primary N) is 1. The zero-order chi connectivity index (χ0) is 16.1. The van der Waals surface area contributed by atoms with E-state index in [9.17, 15) is 9.59 Å². The van der Waals surface area contributed by atoms with Gasteiger partial charge >= 0.3 is 0 Å². The summed E-state index contributed by atoms with van der Waals surface area (Å²) in [7, 11) is 1.57. The maximum absolute atomic E-state index is 12.2. The van der Waals surface area contributed by atoms with Crippen molar-refractivity contribution < 1.29 is 14.3 Å². The van der Waals surface area contributed by atoms with Crippen molar-refractivity contribution in [2.45, 2.75) is 25.8 Å². The van der Waals surface area contributed by atoms with E-state index in [4.69, 9.17) is 10.5 Å². The standard InChI is InChI=1S/C16H23N3O3/c1-11(17)7-8-18-16(21)12-9-15(20)19(10-12)13-5-3-4-6-14(13)22-2/h3-6,11-12H,7-10,17H2,1-2H3,(H,18,21). The molecule has 120 valence electrons. The van der Waals surface area contributed by atoms with E-state index in [0.29, 0.717) is 24.5 Å². The molecule has 3 N–H and O–H groups in total. The van der Waals surface area contributed by atoms with Crippen molar-refractivity contribution in [2.24, 2.45) is 11.7 Å². The predicted octanol–water partition coefficient (Wildman–Crippen LogP) is 0.902. The third kappa shape index (κ3) is 3.76. The van der Waals surface area contributed by atoms with Crippen LogP contribution in [0.25, 0.3) is 0 Å². The van der Waals surface area contributed by atoms with Gasteiger partial charge in [-0.15, -0.1) is 0 Å². The highest BCUT2D eigenvalue weighted by Crippen LogP contribution is 2.32. The summed E-state index contributed by atoms with van der Waals surface area (Å²) in [6.45, 7) is 2.81. The molecule has 0 radical (unpaired) electrons. The Labute approximate surface area is 130 Å². The van der Waals surface area contributed by atoms with Crippen molar-refractivity contribution in [2.75, 3.05) is 25.1 Å². The number of amides is 2. The number of rotatable bonds is 6. The van der Waals surface area contributed by atoms with Crippen molar-refractivity contribution in [3.63, 3.8) is 0 Å². The van der Waals surface area contributed by atoms with Gasteiger partial charge in [0, 0.05) is 25.6 Å². The van der Waals surface area contributed by atoms with Crippen molar-refractivity contribution >= 4 is 17.5 Å². The maximum atomic E-state index is 12.2. The quantitative estimate of drug-likeness (QED) is 0.818. The normalized spacial score (nSPS) is 19.1. The number of methoxy groups -OCH3 is 1. The fourth-order valence-corrected chi connectivity index (χ4v) is 2.54. The van der Waals surface area contributed by atoms with E-state index in [2.05, 4.69) is 5.32 Å². The van der Waals surface area contributed by atoms with Crippen LogP contribution >= 0.6 is 0 Å². The van der Waals surface area contributed by atoms with Crippen LogP contribution in [-0.2, 0) is 9.59 Å². The van der Waals surface area contributed by atoms with Crippen molar-refractivity contribution in [3.05, 3.63) is 24.3 Å². The van der Waals surface area contributed by atoms with Crippen LogP contribution in [0.1, 0.15) is 19.8 Å². The SMILES string of the molecule is COc1ccccc1N1CC(C(=O)NCCC(C)N)CC1=O. The lowest BCUT2D eigenvalue weighted by molar-refractivity contribution is -0.126. The number of benzene rings is 1. The molecule has 0 aromatic heterocycles. The minimum atomic E-state index is -0.328.